The molecular formula is C30H38FN3O4. The molecule has 4 rings (SSSR count). The van der Waals surface area contributed by atoms with Crippen molar-refractivity contribution in [3.8, 4) is 0 Å². The Morgan fingerprint density at radius 3 is 2.47 bits per heavy atom. The fourth-order valence-electron chi connectivity index (χ4n) is 6.03. The summed E-state index contributed by atoms with van der Waals surface area (Å²) in [6, 6.07) is 14.0. The van der Waals surface area contributed by atoms with E-state index in [1.165, 1.54) is 11.6 Å². The third-order valence-corrected chi connectivity index (χ3v) is 8.11. The van der Waals surface area contributed by atoms with Crippen molar-refractivity contribution >= 4 is 17.8 Å². The molecule has 2 atom stereocenters. The molecule has 2 aliphatic rings. The molecule has 1 saturated heterocycles. The van der Waals surface area contributed by atoms with E-state index in [0.717, 1.165) is 24.0 Å². The van der Waals surface area contributed by atoms with Gasteiger partial charge in [0.15, 0.2) is 0 Å². The van der Waals surface area contributed by atoms with E-state index in [9.17, 15) is 23.9 Å². The standard InChI is InChI=1S/C30H38FN3O4/c1-29(2,32)28(38)33-25(10-6-9-20-7-4-3-5-8-20)27(37)34-15-13-30(14-16-34)19-21(17-26(35)36)23-12-11-22(31)18-24(23)30/h3-5,7-8,11-12,18,21,25H,6,9-10,13-17,19,32H2,1-2H3,(H,33,38)(H,35,36). The minimum absolute atomic E-state index is 0.00736. The van der Waals surface area contributed by atoms with E-state index >= 15 is 0 Å². The number of likely N-dealkylation sites (tertiary alicyclic amines) is 1. The zero-order valence-electron chi connectivity index (χ0n) is 22.2. The Kier molecular flexibility index (Phi) is 8.21. The molecule has 0 radical (unpaired) electrons. The van der Waals surface area contributed by atoms with Crippen LogP contribution in [-0.4, -0.2) is 52.5 Å². The monoisotopic (exact) mass is 523 g/mol. The van der Waals surface area contributed by atoms with Gasteiger partial charge >= 0.3 is 5.97 Å². The minimum atomic E-state index is -1.11. The number of piperidine rings is 1. The van der Waals surface area contributed by atoms with Crippen molar-refractivity contribution < 1.29 is 23.9 Å². The molecule has 2 aromatic rings. The topological polar surface area (TPSA) is 113 Å². The molecule has 2 unspecified atom stereocenters. The lowest BCUT2D eigenvalue weighted by atomic mass is 9.73. The normalized spacial score (nSPS) is 19.2. The number of aliphatic carboxylic acids is 1. The number of carbonyl (C=O) groups is 3. The van der Waals surface area contributed by atoms with Crippen LogP contribution in [0.15, 0.2) is 48.5 Å². The predicted octanol–water partition coefficient (Wildman–Crippen LogP) is 3.89. The molecule has 1 fully saturated rings. The van der Waals surface area contributed by atoms with E-state index in [0.29, 0.717) is 38.8 Å². The maximum Gasteiger partial charge on any atom is 0.303 e. The number of aryl methyl sites for hydroxylation is 1. The number of rotatable bonds is 9. The smallest absolute Gasteiger partial charge is 0.303 e. The maximum atomic E-state index is 14.2. The minimum Gasteiger partial charge on any atom is -0.481 e. The molecule has 1 aliphatic carbocycles. The lowest BCUT2D eigenvalue weighted by molar-refractivity contribution is -0.139. The van der Waals surface area contributed by atoms with Crippen LogP contribution in [0.1, 0.15) is 75.0 Å². The summed E-state index contributed by atoms with van der Waals surface area (Å²) in [5, 5.41) is 12.3. The zero-order chi connectivity index (χ0) is 27.5. The van der Waals surface area contributed by atoms with Gasteiger partial charge in [-0.3, -0.25) is 14.4 Å². The molecule has 2 aromatic carbocycles. The summed E-state index contributed by atoms with van der Waals surface area (Å²) in [4.78, 5) is 39.6. The van der Waals surface area contributed by atoms with Crippen LogP contribution in [-0.2, 0) is 26.2 Å². The molecule has 2 amide bonds. The van der Waals surface area contributed by atoms with Crippen molar-refractivity contribution in [2.24, 2.45) is 5.73 Å². The van der Waals surface area contributed by atoms with Gasteiger partial charge < -0.3 is 21.1 Å². The molecule has 0 bridgehead atoms. The van der Waals surface area contributed by atoms with Gasteiger partial charge in [-0.15, -0.1) is 0 Å². The van der Waals surface area contributed by atoms with Crippen LogP contribution in [0.5, 0.6) is 0 Å². The van der Waals surface area contributed by atoms with Crippen LogP contribution >= 0.6 is 0 Å². The third kappa shape index (κ3) is 6.23. The summed E-state index contributed by atoms with van der Waals surface area (Å²) < 4.78 is 14.2. The first kappa shape index (κ1) is 27.8. The molecule has 7 nitrogen and oxygen atoms in total. The zero-order valence-corrected chi connectivity index (χ0v) is 22.2. The van der Waals surface area contributed by atoms with Gasteiger partial charge in [-0.05, 0) is 92.5 Å². The molecule has 0 aromatic heterocycles. The maximum absolute atomic E-state index is 14.2. The number of halogens is 1. The summed E-state index contributed by atoms with van der Waals surface area (Å²) in [5.74, 6) is -1.87. The van der Waals surface area contributed by atoms with Crippen LogP contribution < -0.4 is 11.1 Å². The molecule has 204 valence electrons. The van der Waals surface area contributed by atoms with Gasteiger partial charge in [0.1, 0.15) is 11.9 Å². The number of hydrogen-bond acceptors (Lipinski definition) is 4. The van der Waals surface area contributed by atoms with Gasteiger partial charge in [-0.2, -0.15) is 0 Å². The number of nitrogens with two attached hydrogens (primary N) is 1. The number of nitrogens with zero attached hydrogens (tertiary/aromatic N) is 1. The van der Waals surface area contributed by atoms with Crippen molar-refractivity contribution in [1.29, 1.82) is 0 Å². The van der Waals surface area contributed by atoms with E-state index in [2.05, 4.69) is 5.32 Å². The second-order valence-corrected chi connectivity index (χ2v) is 11.5. The summed E-state index contributed by atoms with van der Waals surface area (Å²) in [6.45, 7) is 4.16. The Morgan fingerprint density at radius 2 is 1.84 bits per heavy atom. The molecule has 4 N–H and O–H groups in total. The van der Waals surface area contributed by atoms with Crippen LogP contribution in [0.25, 0.3) is 0 Å². The van der Waals surface area contributed by atoms with Gasteiger partial charge in [-0.1, -0.05) is 36.4 Å². The summed E-state index contributed by atoms with van der Waals surface area (Å²) in [6.07, 6.45) is 3.91. The number of nitrogens with one attached hydrogen (secondary N) is 1. The average Bonchev–Trinajstić information content (AvgIpc) is 3.14. The first-order chi connectivity index (χ1) is 18.0. The quantitative estimate of drug-likeness (QED) is 0.462. The van der Waals surface area contributed by atoms with Gasteiger partial charge in [-0.25, -0.2) is 4.39 Å². The first-order valence-electron chi connectivity index (χ1n) is 13.4. The molecule has 1 heterocycles. The number of carboxylic acids is 1. The number of carboxylic acid groups (broad SMARTS) is 1. The van der Waals surface area contributed by atoms with Crippen LogP contribution in [0.3, 0.4) is 0 Å². The third-order valence-electron chi connectivity index (χ3n) is 8.11. The second kappa shape index (κ2) is 11.2. The predicted molar refractivity (Wildman–Crippen MR) is 143 cm³/mol. The van der Waals surface area contributed by atoms with E-state index in [1.807, 2.05) is 30.3 Å². The van der Waals surface area contributed by atoms with Crippen LogP contribution in [0.2, 0.25) is 0 Å². The van der Waals surface area contributed by atoms with Crippen molar-refractivity contribution in [3.05, 3.63) is 71.0 Å². The highest BCUT2D eigenvalue weighted by molar-refractivity contribution is 5.91. The molecule has 38 heavy (non-hydrogen) atoms. The lowest BCUT2D eigenvalue weighted by Gasteiger charge is -2.41. The Balaban J connectivity index is 1.46. The summed E-state index contributed by atoms with van der Waals surface area (Å²) in [5.41, 5.74) is 7.50. The fourth-order valence-corrected chi connectivity index (χ4v) is 6.03. The van der Waals surface area contributed by atoms with E-state index < -0.39 is 17.6 Å². The average molecular weight is 524 g/mol. The van der Waals surface area contributed by atoms with E-state index in [-0.39, 0.29) is 35.4 Å². The fraction of sp³-hybridized carbons (Fsp3) is 0.500. The Hall–Kier alpha value is -3.26. The van der Waals surface area contributed by atoms with Crippen molar-refractivity contribution in [2.75, 3.05) is 13.1 Å². The van der Waals surface area contributed by atoms with Crippen molar-refractivity contribution in [3.63, 3.8) is 0 Å². The number of hydrogen-bond donors (Lipinski definition) is 3. The van der Waals surface area contributed by atoms with Crippen molar-refractivity contribution in [1.82, 2.24) is 10.2 Å². The Bertz CT molecular complexity index is 1170. The molecule has 1 aliphatic heterocycles. The lowest BCUT2D eigenvalue weighted by Crippen LogP contribution is -2.57. The van der Waals surface area contributed by atoms with Gasteiger partial charge in [0.25, 0.3) is 0 Å². The summed E-state index contributed by atoms with van der Waals surface area (Å²) >= 11 is 0. The molecular weight excluding hydrogens is 485 g/mol. The highest BCUT2D eigenvalue weighted by Gasteiger charge is 2.47. The van der Waals surface area contributed by atoms with Gasteiger partial charge in [0.05, 0.1) is 12.0 Å². The SMILES string of the molecule is CC(C)(N)C(=O)NC(CCCc1ccccc1)C(=O)N1CCC2(CC1)CC(CC(=O)O)c1ccc(F)cc12. The highest BCUT2D eigenvalue weighted by Crippen LogP contribution is 2.53. The highest BCUT2D eigenvalue weighted by atomic mass is 19.1. The first-order valence-corrected chi connectivity index (χ1v) is 13.4. The van der Waals surface area contributed by atoms with Gasteiger partial charge in [0.2, 0.25) is 11.8 Å². The van der Waals surface area contributed by atoms with E-state index in [1.54, 1.807) is 30.9 Å². The van der Waals surface area contributed by atoms with Crippen LogP contribution in [0.4, 0.5) is 4.39 Å². The van der Waals surface area contributed by atoms with Crippen molar-refractivity contribution in [2.45, 2.75) is 81.7 Å². The number of fused-ring (bicyclic) bond motifs is 2. The number of benzene rings is 2. The Labute approximate surface area is 223 Å². The molecule has 8 heteroatoms. The van der Waals surface area contributed by atoms with E-state index in [4.69, 9.17) is 5.73 Å². The largest absolute Gasteiger partial charge is 0.481 e. The number of amides is 2. The second-order valence-electron chi connectivity index (χ2n) is 11.5. The molecule has 0 saturated carbocycles. The Morgan fingerprint density at radius 1 is 1.16 bits per heavy atom. The number of carbonyl (C=O) groups excluding carboxylic acids is 2. The summed E-state index contributed by atoms with van der Waals surface area (Å²) in [7, 11) is 0. The van der Waals surface area contributed by atoms with Gasteiger partial charge in [0, 0.05) is 13.1 Å². The van der Waals surface area contributed by atoms with Crippen LogP contribution in [0, 0.1) is 5.82 Å². The molecule has 1 spiro atoms.